The normalized spacial score (nSPS) is 14.1. The molecule has 72 valence electrons. The van der Waals surface area contributed by atoms with Crippen LogP contribution in [0.25, 0.3) is 0 Å². The molecule has 0 spiro atoms. The van der Waals surface area contributed by atoms with Crippen molar-refractivity contribution in [3.8, 4) is 0 Å². The summed E-state index contributed by atoms with van der Waals surface area (Å²) >= 11 is 0. The van der Waals surface area contributed by atoms with Gasteiger partial charge in [-0.2, -0.15) is 0 Å². The molecule has 3 heteroatoms. The minimum Gasteiger partial charge on any atom is -0.466 e. The van der Waals surface area contributed by atoms with Crippen LogP contribution < -0.4 is 0 Å². The average molecular weight is 176 g/mol. The zero-order valence-corrected chi connectivity index (χ0v) is 8.19. The first-order chi connectivity index (χ1) is 5.37. The van der Waals surface area contributed by atoms with E-state index < -0.39 is 5.67 Å². The predicted molar refractivity (Wildman–Crippen MR) is 45.6 cm³/mol. The maximum Gasteiger partial charge on any atom is 0.308 e. The summed E-state index contributed by atoms with van der Waals surface area (Å²) in [6.07, 6.45) is 0.214. The third-order valence-electron chi connectivity index (χ3n) is 1.48. The number of carbonyl (C=O) groups excluding carboxylic acids is 1. The van der Waals surface area contributed by atoms with Gasteiger partial charge < -0.3 is 4.74 Å². The molecule has 0 heterocycles. The molecule has 0 bridgehead atoms. The highest BCUT2D eigenvalue weighted by Gasteiger charge is 2.24. The molecule has 2 nitrogen and oxygen atoms in total. The Morgan fingerprint density at radius 1 is 1.58 bits per heavy atom. The second-order valence-electron chi connectivity index (χ2n) is 3.58. The lowest BCUT2D eigenvalue weighted by atomic mass is 9.97. The third kappa shape index (κ3) is 5.10. The number of hydrogen-bond acceptors (Lipinski definition) is 2. The van der Waals surface area contributed by atoms with E-state index in [-0.39, 0.29) is 18.3 Å². The third-order valence-corrected chi connectivity index (χ3v) is 1.48. The minimum absolute atomic E-state index is 0.214. The van der Waals surface area contributed by atoms with Gasteiger partial charge in [-0.15, -0.1) is 0 Å². The van der Waals surface area contributed by atoms with Crippen LogP contribution in [-0.2, 0) is 9.53 Å². The Morgan fingerprint density at radius 2 is 2.08 bits per heavy atom. The number of hydrogen-bond donors (Lipinski definition) is 0. The molecule has 0 fully saturated rings. The minimum atomic E-state index is -1.30. The maximum absolute atomic E-state index is 13.0. The standard InChI is InChI=1S/C9H17FO2/c1-5-12-8(11)7(2)6-9(3,4)10/h7H,5-6H2,1-4H3. The number of esters is 1. The van der Waals surface area contributed by atoms with Gasteiger partial charge in [-0.3, -0.25) is 4.79 Å². The molecule has 0 saturated carbocycles. The van der Waals surface area contributed by atoms with Gasteiger partial charge in [-0.25, -0.2) is 4.39 Å². The number of halogens is 1. The first kappa shape index (κ1) is 11.4. The molecule has 0 aliphatic rings. The van der Waals surface area contributed by atoms with Crippen LogP contribution in [0.5, 0.6) is 0 Å². The van der Waals surface area contributed by atoms with Crippen LogP contribution in [0.15, 0.2) is 0 Å². The van der Waals surface area contributed by atoms with E-state index in [4.69, 9.17) is 4.74 Å². The van der Waals surface area contributed by atoms with Gasteiger partial charge in [-0.1, -0.05) is 6.92 Å². The Morgan fingerprint density at radius 3 is 2.42 bits per heavy atom. The Labute approximate surface area is 73.1 Å². The summed E-state index contributed by atoms with van der Waals surface area (Å²) in [4.78, 5) is 11.0. The van der Waals surface area contributed by atoms with Crippen LogP contribution in [0.2, 0.25) is 0 Å². The Balaban J connectivity index is 3.87. The van der Waals surface area contributed by atoms with Gasteiger partial charge in [-0.05, 0) is 27.2 Å². The lowest BCUT2D eigenvalue weighted by molar-refractivity contribution is -0.148. The van der Waals surface area contributed by atoms with Crippen molar-refractivity contribution in [1.29, 1.82) is 0 Å². The lowest BCUT2D eigenvalue weighted by Crippen LogP contribution is -2.23. The summed E-state index contributed by atoms with van der Waals surface area (Å²) in [7, 11) is 0. The molecule has 0 saturated heterocycles. The molecule has 1 unspecified atom stereocenters. The smallest absolute Gasteiger partial charge is 0.308 e. The molecule has 0 N–H and O–H groups in total. The maximum atomic E-state index is 13.0. The van der Waals surface area contributed by atoms with E-state index in [0.29, 0.717) is 6.61 Å². The topological polar surface area (TPSA) is 26.3 Å². The Hall–Kier alpha value is -0.600. The molecule has 0 aliphatic heterocycles. The number of carbonyl (C=O) groups is 1. The molecular formula is C9H17FO2. The summed E-state index contributed by atoms with van der Waals surface area (Å²) < 4.78 is 17.8. The van der Waals surface area contributed by atoms with E-state index in [9.17, 15) is 9.18 Å². The van der Waals surface area contributed by atoms with Crippen molar-refractivity contribution in [2.45, 2.75) is 39.8 Å². The lowest BCUT2D eigenvalue weighted by Gasteiger charge is -2.18. The van der Waals surface area contributed by atoms with Crippen LogP contribution in [-0.4, -0.2) is 18.2 Å². The van der Waals surface area contributed by atoms with Crippen LogP contribution in [0.1, 0.15) is 34.1 Å². The molecule has 0 aromatic heterocycles. The highest BCUT2D eigenvalue weighted by molar-refractivity contribution is 5.72. The first-order valence-electron chi connectivity index (χ1n) is 4.22. The molecule has 12 heavy (non-hydrogen) atoms. The average Bonchev–Trinajstić information content (AvgIpc) is 1.84. The summed E-state index contributed by atoms with van der Waals surface area (Å²) in [5.41, 5.74) is -1.30. The number of ether oxygens (including phenoxy) is 1. The zero-order chi connectivity index (χ0) is 9.78. The van der Waals surface area contributed by atoms with Crippen LogP contribution >= 0.6 is 0 Å². The van der Waals surface area contributed by atoms with Gasteiger partial charge in [0.1, 0.15) is 5.67 Å². The summed E-state index contributed by atoms with van der Waals surface area (Å²) in [6.45, 7) is 6.70. The fourth-order valence-electron chi connectivity index (χ4n) is 1.10. The molecule has 0 aromatic carbocycles. The molecule has 1 atom stereocenters. The van der Waals surface area contributed by atoms with Crippen molar-refractivity contribution < 1.29 is 13.9 Å². The highest BCUT2D eigenvalue weighted by Crippen LogP contribution is 2.20. The summed E-state index contributed by atoms with van der Waals surface area (Å²) in [5.74, 6) is -0.673. The van der Waals surface area contributed by atoms with Crippen molar-refractivity contribution in [3.63, 3.8) is 0 Å². The number of rotatable bonds is 4. The van der Waals surface area contributed by atoms with Gasteiger partial charge in [0.25, 0.3) is 0 Å². The van der Waals surface area contributed by atoms with Gasteiger partial charge in [0, 0.05) is 0 Å². The molecule has 0 aliphatic carbocycles. The summed E-state index contributed by atoms with van der Waals surface area (Å²) in [6, 6.07) is 0. The zero-order valence-electron chi connectivity index (χ0n) is 8.19. The van der Waals surface area contributed by atoms with Crippen molar-refractivity contribution in [3.05, 3.63) is 0 Å². The van der Waals surface area contributed by atoms with Gasteiger partial charge in [0.15, 0.2) is 0 Å². The van der Waals surface area contributed by atoms with Crippen molar-refractivity contribution in [2.24, 2.45) is 5.92 Å². The van der Waals surface area contributed by atoms with E-state index >= 15 is 0 Å². The number of alkyl halides is 1. The highest BCUT2D eigenvalue weighted by atomic mass is 19.1. The second kappa shape index (κ2) is 4.43. The van der Waals surface area contributed by atoms with E-state index in [1.807, 2.05) is 0 Å². The van der Waals surface area contributed by atoms with Crippen molar-refractivity contribution >= 4 is 5.97 Å². The quantitative estimate of drug-likeness (QED) is 0.614. The van der Waals surface area contributed by atoms with Crippen molar-refractivity contribution in [2.75, 3.05) is 6.61 Å². The monoisotopic (exact) mass is 176 g/mol. The molecule has 0 amide bonds. The summed E-state index contributed by atoms with van der Waals surface area (Å²) in [5, 5.41) is 0. The first-order valence-corrected chi connectivity index (χ1v) is 4.22. The van der Waals surface area contributed by atoms with E-state index in [1.54, 1.807) is 13.8 Å². The predicted octanol–water partition coefficient (Wildman–Crippen LogP) is 2.32. The fraction of sp³-hybridized carbons (Fsp3) is 0.889. The second-order valence-corrected chi connectivity index (χ2v) is 3.58. The van der Waals surface area contributed by atoms with E-state index in [1.165, 1.54) is 13.8 Å². The Bertz CT molecular complexity index is 149. The van der Waals surface area contributed by atoms with Crippen LogP contribution in [0.4, 0.5) is 4.39 Å². The molecule has 0 radical (unpaired) electrons. The van der Waals surface area contributed by atoms with Gasteiger partial charge in [0.05, 0.1) is 12.5 Å². The SMILES string of the molecule is CCOC(=O)C(C)CC(C)(C)F. The van der Waals surface area contributed by atoms with E-state index in [0.717, 1.165) is 0 Å². The molecule has 0 rings (SSSR count). The van der Waals surface area contributed by atoms with E-state index in [2.05, 4.69) is 0 Å². The van der Waals surface area contributed by atoms with Crippen molar-refractivity contribution in [1.82, 2.24) is 0 Å². The largest absolute Gasteiger partial charge is 0.466 e. The van der Waals surface area contributed by atoms with Crippen LogP contribution in [0.3, 0.4) is 0 Å². The molecule has 0 aromatic rings. The van der Waals surface area contributed by atoms with Gasteiger partial charge in [0.2, 0.25) is 0 Å². The molecular weight excluding hydrogens is 159 g/mol. The van der Waals surface area contributed by atoms with Crippen LogP contribution in [0, 0.1) is 5.92 Å². The fourth-order valence-corrected chi connectivity index (χ4v) is 1.10. The van der Waals surface area contributed by atoms with Gasteiger partial charge >= 0.3 is 5.97 Å². The Kier molecular flexibility index (Phi) is 4.21.